The van der Waals surface area contributed by atoms with E-state index in [1.54, 1.807) is 0 Å². The van der Waals surface area contributed by atoms with Crippen LogP contribution in [0.1, 0.15) is 22.4 Å². The molecule has 1 heterocycles. The molecule has 0 fully saturated rings. The van der Waals surface area contributed by atoms with Gasteiger partial charge in [0.25, 0.3) is 0 Å². The molecule has 15 heavy (non-hydrogen) atoms. The maximum atomic E-state index is 11.0. The minimum Gasteiger partial charge on any atom is -0.463 e. The van der Waals surface area contributed by atoms with E-state index in [2.05, 4.69) is 4.74 Å². The summed E-state index contributed by atoms with van der Waals surface area (Å²) in [5.41, 5.74) is 0. The number of furan rings is 1. The van der Waals surface area contributed by atoms with Gasteiger partial charge in [-0.15, -0.1) is 0 Å². The van der Waals surface area contributed by atoms with Crippen LogP contribution in [0.5, 0.6) is 0 Å². The first-order chi connectivity index (χ1) is 6.86. The molecule has 1 aromatic rings. The summed E-state index contributed by atoms with van der Waals surface area (Å²) in [6.07, 6.45) is -1.44. The maximum absolute atomic E-state index is 11.0. The molecule has 1 N–H and O–H groups in total. The molecule has 0 bridgehead atoms. The fourth-order valence-electron chi connectivity index (χ4n) is 0.871. The van der Waals surface area contributed by atoms with Crippen molar-refractivity contribution in [2.24, 2.45) is 0 Å². The van der Waals surface area contributed by atoms with E-state index >= 15 is 0 Å². The zero-order chi connectivity index (χ0) is 11.6. The first-order valence-electron chi connectivity index (χ1n) is 3.79. The topological polar surface area (TPSA) is 59.7 Å². The summed E-state index contributed by atoms with van der Waals surface area (Å²) in [7, 11) is 1.20. The Morgan fingerprint density at radius 1 is 1.53 bits per heavy atom. The number of carbonyl (C=O) groups excluding carboxylic acids is 1. The van der Waals surface area contributed by atoms with E-state index < -0.39 is 15.9 Å². The predicted molar refractivity (Wildman–Crippen MR) is 55.3 cm³/mol. The predicted octanol–water partition coefficient (Wildman–Crippen LogP) is 2.47. The van der Waals surface area contributed by atoms with Crippen molar-refractivity contribution in [3.05, 3.63) is 23.7 Å². The molecule has 0 aliphatic rings. The Bertz CT molecular complexity index is 355. The third kappa shape index (κ3) is 3.01. The molecule has 0 spiro atoms. The fraction of sp³-hybridized carbons (Fsp3) is 0.375. The number of aliphatic hydroxyl groups is 1. The van der Waals surface area contributed by atoms with Gasteiger partial charge >= 0.3 is 5.97 Å². The van der Waals surface area contributed by atoms with Gasteiger partial charge in [0.05, 0.1) is 7.11 Å². The van der Waals surface area contributed by atoms with Crippen molar-refractivity contribution in [2.45, 2.75) is 9.90 Å². The lowest BCUT2D eigenvalue weighted by Crippen LogP contribution is -2.15. The number of halogens is 3. The summed E-state index contributed by atoms with van der Waals surface area (Å²) in [6, 6.07) is 2.65. The molecule has 1 rings (SSSR count). The van der Waals surface area contributed by atoms with Crippen LogP contribution >= 0.6 is 34.8 Å². The Morgan fingerprint density at radius 2 is 2.13 bits per heavy atom. The lowest BCUT2D eigenvalue weighted by Gasteiger charge is -2.15. The Hall–Kier alpha value is -0.420. The van der Waals surface area contributed by atoms with Crippen molar-refractivity contribution in [2.75, 3.05) is 7.11 Å². The lowest BCUT2D eigenvalue weighted by molar-refractivity contribution is 0.0555. The third-order valence-electron chi connectivity index (χ3n) is 1.59. The highest BCUT2D eigenvalue weighted by atomic mass is 35.6. The van der Waals surface area contributed by atoms with Gasteiger partial charge in [0.2, 0.25) is 9.55 Å². The molecular weight excluding hydrogens is 266 g/mol. The van der Waals surface area contributed by atoms with Gasteiger partial charge in [-0.2, -0.15) is 0 Å². The Kier molecular flexibility index (Phi) is 3.89. The number of rotatable bonds is 2. The average Bonchev–Trinajstić information content (AvgIpc) is 2.62. The molecule has 0 radical (unpaired) electrons. The Morgan fingerprint density at radius 3 is 2.60 bits per heavy atom. The van der Waals surface area contributed by atoms with E-state index in [0.717, 1.165) is 0 Å². The number of esters is 1. The van der Waals surface area contributed by atoms with Crippen molar-refractivity contribution >= 4 is 40.8 Å². The van der Waals surface area contributed by atoms with Gasteiger partial charge in [-0.25, -0.2) is 4.79 Å². The van der Waals surface area contributed by atoms with Gasteiger partial charge in [0.15, 0.2) is 6.10 Å². The standard InChI is InChI=1S/C8H7Cl3O4/c1-14-7(13)5-3-2-4(15-5)6(12)8(9,10)11/h2-3,6,12H,1H3/t6-/m0/s1. The maximum Gasteiger partial charge on any atom is 0.373 e. The monoisotopic (exact) mass is 272 g/mol. The van der Waals surface area contributed by atoms with Crippen molar-refractivity contribution in [1.82, 2.24) is 0 Å². The first kappa shape index (κ1) is 12.6. The number of alkyl halides is 3. The van der Waals surface area contributed by atoms with Gasteiger partial charge in [-0.3, -0.25) is 0 Å². The number of hydrogen-bond donors (Lipinski definition) is 1. The molecule has 1 atom stereocenters. The van der Waals surface area contributed by atoms with Crippen molar-refractivity contribution < 1.29 is 19.1 Å². The lowest BCUT2D eigenvalue weighted by atomic mass is 10.3. The highest BCUT2D eigenvalue weighted by molar-refractivity contribution is 6.67. The molecule has 0 aliphatic carbocycles. The molecule has 4 nitrogen and oxygen atoms in total. The summed E-state index contributed by atoms with van der Waals surface area (Å²) >= 11 is 16.3. The van der Waals surface area contributed by atoms with Crippen LogP contribution in [0.25, 0.3) is 0 Å². The highest BCUT2D eigenvalue weighted by Gasteiger charge is 2.34. The van der Waals surface area contributed by atoms with E-state index in [4.69, 9.17) is 39.2 Å². The minimum absolute atomic E-state index is 0.0181. The van der Waals surface area contributed by atoms with E-state index in [0.29, 0.717) is 0 Å². The zero-order valence-electron chi connectivity index (χ0n) is 7.54. The number of methoxy groups -OCH3 is 1. The van der Waals surface area contributed by atoms with Crippen LogP contribution in [0.15, 0.2) is 16.5 Å². The van der Waals surface area contributed by atoms with Crippen LogP contribution in [-0.4, -0.2) is 22.0 Å². The van der Waals surface area contributed by atoms with Crippen LogP contribution in [0.4, 0.5) is 0 Å². The van der Waals surface area contributed by atoms with E-state index in [-0.39, 0.29) is 11.5 Å². The van der Waals surface area contributed by atoms with Crippen LogP contribution in [0, 0.1) is 0 Å². The van der Waals surface area contributed by atoms with E-state index in [1.807, 2.05) is 0 Å². The second-order valence-corrected chi connectivity index (χ2v) is 5.01. The van der Waals surface area contributed by atoms with Crippen LogP contribution in [0.3, 0.4) is 0 Å². The quantitative estimate of drug-likeness (QED) is 0.664. The smallest absolute Gasteiger partial charge is 0.373 e. The van der Waals surface area contributed by atoms with Crippen LogP contribution < -0.4 is 0 Å². The minimum atomic E-state index is -1.91. The molecule has 0 unspecified atom stereocenters. The fourth-order valence-corrected chi connectivity index (χ4v) is 1.19. The second kappa shape index (κ2) is 4.61. The molecule has 0 aliphatic heterocycles. The van der Waals surface area contributed by atoms with Crippen molar-refractivity contribution in [3.63, 3.8) is 0 Å². The summed E-state index contributed by atoms with van der Waals surface area (Å²) in [6.45, 7) is 0. The molecule has 0 amide bonds. The number of hydrogen-bond acceptors (Lipinski definition) is 4. The molecule has 84 valence electrons. The second-order valence-electron chi connectivity index (χ2n) is 2.64. The van der Waals surface area contributed by atoms with Gasteiger partial charge in [0, 0.05) is 0 Å². The molecule has 7 heteroatoms. The average molecular weight is 273 g/mol. The largest absolute Gasteiger partial charge is 0.463 e. The normalized spacial score (nSPS) is 13.7. The number of aliphatic hydroxyl groups excluding tert-OH is 1. The van der Waals surface area contributed by atoms with Gasteiger partial charge in [-0.1, -0.05) is 34.8 Å². The number of ether oxygens (including phenoxy) is 1. The first-order valence-corrected chi connectivity index (χ1v) is 4.92. The summed E-state index contributed by atoms with van der Waals surface area (Å²) < 4.78 is 7.44. The van der Waals surface area contributed by atoms with Gasteiger partial charge in [0.1, 0.15) is 5.76 Å². The van der Waals surface area contributed by atoms with Crippen molar-refractivity contribution in [1.29, 1.82) is 0 Å². The third-order valence-corrected chi connectivity index (χ3v) is 2.21. The van der Waals surface area contributed by atoms with Gasteiger partial charge < -0.3 is 14.3 Å². The highest BCUT2D eigenvalue weighted by Crippen LogP contribution is 2.40. The van der Waals surface area contributed by atoms with Crippen LogP contribution in [-0.2, 0) is 4.74 Å². The summed E-state index contributed by atoms with van der Waals surface area (Å²) in [5.74, 6) is -0.756. The Balaban J connectivity index is 2.89. The molecular formula is C8H7Cl3O4. The SMILES string of the molecule is COC(=O)c1ccc([C@H](O)C(Cl)(Cl)Cl)o1. The molecule has 1 aromatic heterocycles. The van der Waals surface area contributed by atoms with Crippen molar-refractivity contribution in [3.8, 4) is 0 Å². The van der Waals surface area contributed by atoms with E-state index in [1.165, 1.54) is 19.2 Å². The van der Waals surface area contributed by atoms with E-state index in [9.17, 15) is 9.90 Å². The molecule has 0 saturated heterocycles. The van der Waals surface area contributed by atoms with Crippen LogP contribution in [0.2, 0.25) is 0 Å². The molecule has 0 saturated carbocycles. The van der Waals surface area contributed by atoms with Gasteiger partial charge in [-0.05, 0) is 12.1 Å². The molecule has 0 aromatic carbocycles. The Labute approximate surface area is 101 Å². The summed E-state index contributed by atoms with van der Waals surface area (Å²) in [4.78, 5) is 11.0. The summed E-state index contributed by atoms with van der Waals surface area (Å²) in [5, 5.41) is 9.48. The zero-order valence-corrected chi connectivity index (χ0v) is 9.81. The number of carbonyl (C=O) groups is 1.